The Morgan fingerprint density at radius 2 is 2.50 bits per heavy atom. The smallest absolute Gasteiger partial charge is 0.111 e. The molecule has 2 heterocycles. The molecule has 2 rings (SSSR count). The fraction of sp³-hybridized carbons (Fsp3) is 0.750. The third-order valence-corrected chi connectivity index (χ3v) is 3.39. The van der Waals surface area contributed by atoms with Crippen molar-refractivity contribution in [2.75, 3.05) is 6.61 Å². The van der Waals surface area contributed by atoms with E-state index in [9.17, 15) is 5.11 Å². The fourth-order valence-electron chi connectivity index (χ4n) is 2.28. The summed E-state index contributed by atoms with van der Waals surface area (Å²) in [5.41, 5.74) is -0.641. The van der Waals surface area contributed by atoms with E-state index in [1.807, 2.05) is 17.8 Å². The van der Waals surface area contributed by atoms with Crippen molar-refractivity contribution in [1.82, 2.24) is 9.55 Å². The summed E-state index contributed by atoms with van der Waals surface area (Å²) >= 11 is 0. The number of imidazole rings is 1. The number of hydrogen-bond acceptors (Lipinski definition) is 3. The molecule has 2 unspecified atom stereocenters. The molecule has 1 aromatic heterocycles. The molecule has 1 aliphatic heterocycles. The molecule has 1 saturated heterocycles. The predicted molar refractivity (Wildman–Crippen MR) is 61.1 cm³/mol. The minimum absolute atomic E-state index is 0.194. The second-order valence-corrected chi connectivity index (χ2v) is 4.71. The Balaban J connectivity index is 2.05. The maximum absolute atomic E-state index is 10.5. The van der Waals surface area contributed by atoms with Crippen LogP contribution in [0.25, 0.3) is 0 Å². The standard InChI is InChI=1S/C12H20N2O2/c1-3-10-8-12(15,4-7-16-10)9-11-13-5-6-14(11)2/h5-6,10,15H,3-4,7-9H2,1-2H3. The number of nitrogens with zero attached hydrogens (tertiary/aromatic N) is 2. The third kappa shape index (κ3) is 2.44. The van der Waals surface area contributed by atoms with Gasteiger partial charge in [-0.05, 0) is 6.42 Å². The molecule has 16 heavy (non-hydrogen) atoms. The average molecular weight is 224 g/mol. The Kier molecular flexibility index (Phi) is 3.30. The number of rotatable bonds is 3. The van der Waals surface area contributed by atoms with Gasteiger partial charge in [0.1, 0.15) is 5.82 Å². The van der Waals surface area contributed by atoms with Crippen LogP contribution in [-0.4, -0.2) is 33.0 Å². The highest BCUT2D eigenvalue weighted by atomic mass is 16.5. The number of ether oxygens (including phenoxy) is 1. The Morgan fingerprint density at radius 3 is 3.12 bits per heavy atom. The van der Waals surface area contributed by atoms with Crippen LogP contribution in [0.2, 0.25) is 0 Å². The minimum atomic E-state index is -0.641. The number of aryl methyl sites for hydroxylation is 1. The first kappa shape index (κ1) is 11.6. The monoisotopic (exact) mass is 224 g/mol. The van der Waals surface area contributed by atoms with Gasteiger partial charge in [0.15, 0.2) is 0 Å². The highest BCUT2D eigenvalue weighted by Gasteiger charge is 2.35. The first-order valence-electron chi connectivity index (χ1n) is 5.93. The Hall–Kier alpha value is -0.870. The molecule has 4 heteroatoms. The van der Waals surface area contributed by atoms with Crippen molar-refractivity contribution < 1.29 is 9.84 Å². The lowest BCUT2D eigenvalue weighted by Crippen LogP contribution is -2.42. The van der Waals surface area contributed by atoms with Crippen LogP contribution in [0.1, 0.15) is 32.0 Å². The van der Waals surface area contributed by atoms with Crippen molar-refractivity contribution in [3.8, 4) is 0 Å². The van der Waals surface area contributed by atoms with Gasteiger partial charge in [0, 0.05) is 45.3 Å². The Morgan fingerprint density at radius 1 is 1.69 bits per heavy atom. The molecule has 1 aromatic rings. The van der Waals surface area contributed by atoms with E-state index < -0.39 is 5.60 Å². The summed E-state index contributed by atoms with van der Waals surface area (Å²) in [7, 11) is 1.96. The number of aliphatic hydroxyl groups is 1. The summed E-state index contributed by atoms with van der Waals surface area (Å²) in [5.74, 6) is 0.944. The summed E-state index contributed by atoms with van der Waals surface area (Å²) in [6.45, 7) is 2.75. The zero-order valence-electron chi connectivity index (χ0n) is 10.0. The van der Waals surface area contributed by atoms with E-state index >= 15 is 0 Å². The maximum Gasteiger partial charge on any atom is 0.111 e. The molecule has 0 spiro atoms. The van der Waals surface area contributed by atoms with Gasteiger partial charge >= 0.3 is 0 Å². The van der Waals surface area contributed by atoms with Crippen molar-refractivity contribution in [1.29, 1.82) is 0 Å². The van der Waals surface area contributed by atoms with Crippen LogP contribution in [0, 0.1) is 0 Å². The number of aromatic nitrogens is 2. The zero-order valence-corrected chi connectivity index (χ0v) is 10.0. The molecule has 0 amide bonds. The molecular weight excluding hydrogens is 204 g/mol. The molecule has 0 saturated carbocycles. The highest BCUT2D eigenvalue weighted by molar-refractivity contribution is 4.99. The normalized spacial score (nSPS) is 30.6. The summed E-state index contributed by atoms with van der Waals surface area (Å²) in [4.78, 5) is 4.27. The summed E-state index contributed by atoms with van der Waals surface area (Å²) in [5, 5.41) is 10.5. The lowest BCUT2D eigenvalue weighted by molar-refractivity contribution is -0.104. The lowest BCUT2D eigenvalue weighted by Gasteiger charge is -2.36. The van der Waals surface area contributed by atoms with Gasteiger partial charge in [-0.25, -0.2) is 4.98 Å². The van der Waals surface area contributed by atoms with E-state index in [2.05, 4.69) is 11.9 Å². The topological polar surface area (TPSA) is 47.3 Å². The van der Waals surface area contributed by atoms with Crippen molar-refractivity contribution in [2.45, 2.75) is 44.3 Å². The molecule has 0 bridgehead atoms. The average Bonchev–Trinajstić information content (AvgIpc) is 2.64. The number of hydrogen-bond donors (Lipinski definition) is 1. The van der Waals surface area contributed by atoms with Crippen LogP contribution in [0.15, 0.2) is 12.4 Å². The van der Waals surface area contributed by atoms with Crippen LogP contribution in [0.4, 0.5) is 0 Å². The van der Waals surface area contributed by atoms with Crippen molar-refractivity contribution in [3.05, 3.63) is 18.2 Å². The minimum Gasteiger partial charge on any atom is -0.389 e. The zero-order chi connectivity index (χ0) is 11.6. The van der Waals surface area contributed by atoms with Crippen molar-refractivity contribution in [2.24, 2.45) is 7.05 Å². The summed E-state index contributed by atoms with van der Waals surface area (Å²) in [6.07, 6.45) is 6.88. The van der Waals surface area contributed by atoms with Gasteiger partial charge in [-0.2, -0.15) is 0 Å². The maximum atomic E-state index is 10.5. The molecule has 0 radical (unpaired) electrons. The molecule has 1 N–H and O–H groups in total. The van der Waals surface area contributed by atoms with Crippen LogP contribution in [0.3, 0.4) is 0 Å². The molecule has 90 valence electrons. The quantitative estimate of drug-likeness (QED) is 0.841. The van der Waals surface area contributed by atoms with Crippen LogP contribution in [0.5, 0.6) is 0 Å². The van der Waals surface area contributed by atoms with Crippen LogP contribution >= 0.6 is 0 Å². The molecule has 0 aliphatic carbocycles. The van der Waals surface area contributed by atoms with Crippen molar-refractivity contribution >= 4 is 0 Å². The van der Waals surface area contributed by atoms with E-state index in [-0.39, 0.29) is 6.10 Å². The van der Waals surface area contributed by atoms with Crippen LogP contribution in [-0.2, 0) is 18.2 Å². The van der Waals surface area contributed by atoms with E-state index in [1.54, 1.807) is 6.20 Å². The van der Waals surface area contributed by atoms with Gasteiger partial charge in [-0.15, -0.1) is 0 Å². The summed E-state index contributed by atoms with van der Waals surface area (Å²) < 4.78 is 7.55. The molecule has 0 aromatic carbocycles. The predicted octanol–water partition coefficient (Wildman–Crippen LogP) is 1.28. The molecule has 1 fully saturated rings. The molecule has 2 atom stereocenters. The van der Waals surface area contributed by atoms with Gasteiger partial charge in [-0.1, -0.05) is 6.92 Å². The van der Waals surface area contributed by atoms with Crippen molar-refractivity contribution in [3.63, 3.8) is 0 Å². The largest absolute Gasteiger partial charge is 0.389 e. The van der Waals surface area contributed by atoms with Gasteiger partial charge < -0.3 is 14.4 Å². The molecule has 1 aliphatic rings. The molecular formula is C12H20N2O2. The Bertz CT molecular complexity index is 351. The second kappa shape index (κ2) is 4.55. The summed E-state index contributed by atoms with van der Waals surface area (Å²) in [6, 6.07) is 0. The fourth-order valence-corrected chi connectivity index (χ4v) is 2.28. The van der Waals surface area contributed by atoms with Crippen LogP contribution < -0.4 is 0 Å². The van der Waals surface area contributed by atoms with E-state index in [4.69, 9.17) is 4.74 Å². The Labute approximate surface area is 96.3 Å². The van der Waals surface area contributed by atoms with Gasteiger partial charge in [-0.3, -0.25) is 0 Å². The third-order valence-electron chi connectivity index (χ3n) is 3.39. The van der Waals surface area contributed by atoms with Gasteiger partial charge in [0.05, 0.1) is 11.7 Å². The van der Waals surface area contributed by atoms with E-state index in [0.717, 1.165) is 18.7 Å². The van der Waals surface area contributed by atoms with Gasteiger partial charge in [0.25, 0.3) is 0 Å². The molecule has 4 nitrogen and oxygen atoms in total. The first-order chi connectivity index (χ1) is 7.63. The highest BCUT2D eigenvalue weighted by Crippen LogP contribution is 2.29. The van der Waals surface area contributed by atoms with E-state index in [1.165, 1.54) is 0 Å². The second-order valence-electron chi connectivity index (χ2n) is 4.71. The SMILES string of the molecule is CCC1CC(O)(Cc2nccn2C)CCO1. The van der Waals surface area contributed by atoms with E-state index in [0.29, 0.717) is 19.4 Å². The van der Waals surface area contributed by atoms with Gasteiger partial charge in [0.2, 0.25) is 0 Å². The first-order valence-corrected chi connectivity index (χ1v) is 5.93. The lowest BCUT2D eigenvalue weighted by atomic mass is 9.86.